The number of carbonyl (C=O) groups is 2. The van der Waals surface area contributed by atoms with E-state index in [1.54, 1.807) is 0 Å². The minimum absolute atomic E-state index is 0. The monoisotopic (exact) mass is 388 g/mol. The van der Waals surface area contributed by atoms with Crippen LogP contribution in [0.15, 0.2) is 0 Å². The van der Waals surface area contributed by atoms with E-state index in [1.807, 2.05) is 4.90 Å². The van der Waals surface area contributed by atoms with Crippen molar-refractivity contribution >= 4 is 24.3 Å². The van der Waals surface area contributed by atoms with Crippen LogP contribution in [-0.4, -0.2) is 55.6 Å². The van der Waals surface area contributed by atoms with Gasteiger partial charge in [-0.3, -0.25) is 4.79 Å². The van der Waals surface area contributed by atoms with Gasteiger partial charge in [0.05, 0.1) is 0 Å². The summed E-state index contributed by atoms with van der Waals surface area (Å²) in [5, 5.41) is 9.32. The standard InChI is InChI=1S/C19H36N4O2.ClH/c1-2-20-15-16-10-13-23(14-11-16)18(24)9-6-12-21-19(25)22-17-7-4-3-5-8-17;/h16-17,20H,2-15H2,1H3,(H2,21,22,25);1H. The summed E-state index contributed by atoms with van der Waals surface area (Å²) in [5.41, 5.74) is 0. The summed E-state index contributed by atoms with van der Waals surface area (Å²) in [5.74, 6) is 0.936. The quantitative estimate of drug-likeness (QED) is 0.559. The van der Waals surface area contributed by atoms with E-state index in [4.69, 9.17) is 0 Å². The topological polar surface area (TPSA) is 73.5 Å². The third-order valence-corrected chi connectivity index (χ3v) is 5.44. The molecule has 2 rings (SSSR count). The predicted molar refractivity (Wildman–Crippen MR) is 108 cm³/mol. The number of nitrogens with one attached hydrogen (secondary N) is 3. The molecule has 7 heteroatoms. The van der Waals surface area contributed by atoms with E-state index in [1.165, 1.54) is 19.3 Å². The highest BCUT2D eigenvalue weighted by atomic mass is 35.5. The Morgan fingerprint density at radius 2 is 1.73 bits per heavy atom. The van der Waals surface area contributed by atoms with Crippen molar-refractivity contribution in [1.29, 1.82) is 0 Å². The molecule has 3 N–H and O–H groups in total. The summed E-state index contributed by atoms with van der Waals surface area (Å²) in [7, 11) is 0. The highest BCUT2D eigenvalue weighted by Gasteiger charge is 2.22. The Bertz CT molecular complexity index is 408. The van der Waals surface area contributed by atoms with Crippen molar-refractivity contribution in [1.82, 2.24) is 20.9 Å². The zero-order chi connectivity index (χ0) is 17.9. The highest BCUT2D eigenvalue weighted by molar-refractivity contribution is 5.85. The average Bonchev–Trinajstić information content (AvgIpc) is 2.64. The molecule has 0 atom stereocenters. The molecule has 2 aliphatic rings. The molecule has 2 fully saturated rings. The largest absolute Gasteiger partial charge is 0.343 e. The first-order valence-electron chi connectivity index (χ1n) is 10.2. The van der Waals surface area contributed by atoms with Gasteiger partial charge in [0.2, 0.25) is 5.91 Å². The Labute approximate surface area is 164 Å². The SMILES string of the molecule is CCNCC1CCN(C(=O)CCCNC(=O)NC2CCCCC2)CC1.Cl. The molecule has 0 radical (unpaired) electrons. The third-order valence-electron chi connectivity index (χ3n) is 5.44. The smallest absolute Gasteiger partial charge is 0.315 e. The van der Waals surface area contributed by atoms with Gasteiger partial charge in [0, 0.05) is 32.1 Å². The van der Waals surface area contributed by atoms with E-state index in [2.05, 4.69) is 22.9 Å². The van der Waals surface area contributed by atoms with Crippen LogP contribution in [-0.2, 0) is 4.79 Å². The first-order valence-corrected chi connectivity index (χ1v) is 10.2. The van der Waals surface area contributed by atoms with Crippen molar-refractivity contribution in [2.45, 2.75) is 70.8 Å². The van der Waals surface area contributed by atoms with E-state index < -0.39 is 0 Å². The van der Waals surface area contributed by atoms with Crippen molar-refractivity contribution < 1.29 is 9.59 Å². The number of likely N-dealkylation sites (tertiary alicyclic amines) is 1. The molecule has 1 heterocycles. The lowest BCUT2D eigenvalue weighted by Crippen LogP contribution is -2.43. The van der Waals surface area contributed by atoms with E-state index in [0.29, 0.717) is 31.3 Å². The maximum atomic E-state index is 12.3. The number of hydrogen-bond acceptors (Lipinski definition) is 3. The number of nitrogens with zero attached hydrogens (tertiary/aromatic N) is 1. The number of carbonyl (C=O) groups excluding carboxylic acids is 2. The number of urea groups is 1. The van der Waals surface area contributed by atoms with Crippen LogP contribution in [0.5, 0.6) is 0 Å². The van der Waals surface area contributed by atoms with E-state index in [-0.39, 0.29) is 24.3 Å². The number of piperidine rings is 1. The summed E-state index contributed by atoms with van der Waals surface area (Å²) < 4.78 is 0. The van der Waals surface area contributed by atoms with Gasteiger partial charge in [-0.2, -0.15) is 0 Å². The van der Waals surface area contributed by atoms with Crippen LogP contribution >= 0.6 is 12.4 Å². The van der Waals surface area contributed by atoms with Gasteiger partial charge in [-0.25, -0.2) is 4.79 Å². The number of halogens is 1. The molecule has 0 spiro atoms. The van der Waals surface area contributed by atoms with Crippen molar-refractivity contribution in [3.8, 4) is 0 Å². The number of rotatable bonds is 8. The summed E-state index contributed by atoms with van der Waals surface area (Å²) in [6, 6.07) is 0.252. The van der Waals surface area contributed by atoms with Crippen molar-refractivity contribution in [3.05, 3.63) is 0 Å². The highest BCUT2D eigenvalue weighted by Crippen LogP contribution is 2.18. The van der Waals surface area contributed by atoms with Crippen LogP contribution < -0.4 is 16.0 Å². The van der Waals surface area contributed by atoms with E-state index >= 15 is 0 Å². The van der Waals surface area contributed by atoms with Crippen molar-refractivity contribution in [2.24, 2.45) is 5.92 Å². The zero-order valence-corrected chi connectivity index (χ0v) is 17.0. The first-order chi connectivity index (χ1) is 12.2. The summed E-state index contributed by atoms with van der Waals surface area (Å²) in [4.78, 5) is 26.1. The molecule has 1 saturated carbocycles. The molecule has 1 saturated heterocycles. The van der Waals surface area contributed by atoms with Crippen molar-refractivity contribution in [2.75, 3.05) is 32.7 Å². The lowest BCUT2D eigenvalue weighted by Gasteiger charge is -2.32. The van der Waals surface area contributed by atoms with Crippen LogP contribution in [0.1, 0.15) is 64.7 Å². The van der Waals surface area contributed by atoms with Gasteiger partial charge in [0.25, 0.3) is 0 Å². The van der Waals surface area contributed by atoms with Crippen LogP contribution in [0.3, 0.4) is 0 Å². The normalized spacial score (nSPS) is 18.9. The molecule has 1 aliphatic heterocycles. The molecular formula is C19H37ClN4O2. The Balaban J connectivity index is 0.00000338. The Hall–Kier alpha value is -1.01. The van der Waals surface area contributed by atoms with E-state index in [0.717, 1.165) is 51.9 Å². The molecular weight excluding hydrogens is 352 g/mol. The number of hydrogen-bond donors (Lipinski definition) is 3. The maximum absolute atomic E-state index is 12.3. The minimum atomic E-state index is -0.0800. The summed E-state index contributed by atoms with van der Waals surface area (Å²) in [6.07, 6.45) is 9.34. The first kappa shape index (κ1) is 23.0. The molecule has 0 unspecified atom stereocenters. The van der Waals surface area contributed by atoms with Gasteiger partial charge in [0.1, 0.15) is 0 Å². The van der Waals surface area contributed by atoms with Crippen LogP contribution in [0.2, 0.25) is 0 Å². The number of amides is 3. The molecule has 0 aromatic carbocycles. The third kappa shape index (κ3) is 8.58. The molecule has 0 aromatic heterocycles. The molecule has 1 aliphatic carbocycles. The fraction of sp³-hybridized carbons (Fsp3) is 0.895. The lowest BCUT2D eigenvalue weighted by molar-refractivity contribution is -0.132. The fourth-order valence-electron chi connectivity index (χ4n) is 3.82. The van der Waals surface area contributed by atoms with Gasteiger partial charge in [0.15, 0.2) is 0 Å². The molecule has 6 nitrogen and oxygen atoms in total. The Morgan fingerprint density at radius 1 is 1.04 bits per heavy atom. The van der Waals surface area contributed by atoms with Gasteiger partial charge >= 0.3 is 6.03 Å². The molecule has 152 valence electrons. The molecule has 26 heavy (non-hydrogen) atoms. The second-order valence-electron chi connectivity index (χ2n) is 7.47. The summed E-state index contributed by atoms with van der Waals surface area (Å²) in [6.45, 7) is 6.54. The average molecular weight is 389 g/mol. The van der Waals surface area contributed by atoms with Crippen LogP contribution in [0, 0.1) is 5.92 Å². The van der Waals surface area contributed by atoms with Gasteiger partial charge in [-0.15, -0.1) is 12.4 Å². The molecule has 3 amide bonds. The van der Waals surface area contributed by atoms with E-state index in [9.17, 15) is 9.59 Å². The molecule has 0 aromatic rings. The van der Waals surface area contributed by atoms with Gasteiger partial charge in [-0.05, 0) is 51.1 Å². The summed E-state index contributed by atoms with van der Waals surface area (Å²) >= 11 is 0. The lowest BCUT2D eigenvalue weighted by atomic mass is 9.96. The van der Waals surface area contributed by atoms with Gasteiger partial charge in [-0.1, -0.05) is 26.2 Å². The second kappa shape index (κ2) is 13.2. The zero-order valence-electron chi connectivity index (χ0n) is 16.2. The van der Waals surface area contributed by atoms with Crippen molar-refractivity contribution in [3.63, 3.8) is 0 Å². The second-order valence-corrected chi connectivity index (χ2v) is 7.47. The van der Waals surface area contributed by atoms with Crippen LogP contribution in [0.4, 0.5) is 4.79 Å². The fourth-order valence-corrected chi connectivity index (χ4v) is 3.82. The van der Waals surface area contributed by atoms with Crippen LogP contribution in [0.25, 0.3) is 0 Å². The Morgan fingerprint density at radius 3 is 2.38 bits per heavy atom. The van der Waals surface area contributed by atoms with Gasteiger partial charge < -0.3 is 20.9 Å². The molecule has 0 bridgehead atoms. The maximum Gasteiger partial charge on any atom is 0.315 e. The Kier molecular flexibility index (Phi) is 11.7. The minimum Gasteiger partial charge on any atom is -0.343 e. The predicted octanol–water partition coefficient (Wildman–Crippen LogP) is 2.67.